The Kier molecular flexibility index (Phi) is 11.6. The van der Waals surface area contributed by atoms with Crippen LogP contribution < -0.4 is 10.6 Å². The highest BCUT2D eigenvalue weighted by Crippen LogP contribution is 2.41. The fourth-order valence-electron chi connectivity index (χ4n) is 6.03. The van der Waals surface area contributed by atoms with Crippen LogP contribution in [-0.2, 0) is 41.7 Å². The molecule has 5 rings (SSSR count). The van der Waals surface area contributed by atoms with E-state index in [0.29, 0.717) is 55.6 Å². The van der Waals surface area contributed by atoms with Gasteiger partial charge in [-0.05, 0) is 67.0 Å². The average molecular weight is 646 g/mol. The number of aromatic nitrogens is 1. The van der Waals surface area contributed by atoms with Crippen LogP contribution >= 0.6 is 11.6 Å². The van der Waals surface area contributed by atoms with Gasteiger partial charge in [0.1, 0.15) is 11.8 Å². The molecule has 2 aliphatic heterocycles. The molecule has 2 aliphatic rings. The molecule has 0 radical (unpaired) electrons. The minimum atomic E-state index is -0.534. The Morgan fingerprint density at radius 3 is 2.37 bits per heavy atom. The second-order valence-corrected chi connectivity index (χ2v) is 12.0. The Morgan fingerprint density at radius 1 is 1.02 bits per heavy atom. The number of rotatable bonds is 13. The maximum absolute atomic E-state index is 13.7. The van der Waals surface area contributed by atoms with E-state index >= 15 is 0 Å². The quantitative estimate of drug-likeness (QED) is 0.135. The van der Waals surface area contributed by atoms with Crippen molar-refractivity contribution in [3.63, 3.8) is 0 Å². The predicted molar refractivity (Wildman–Crippen MR) is 175 cm³/mol. The number of amides is 1. The Hall–Kier alpha value is -4.05. The number of carbonyl (C=O) groups excluding carboxylic acids is 3. The van der Waals surface area contributed by atoms with Crippen molar-refractivity contribution in [2.75, 3.05) is 19.8 Å². The van der Waals surface area contributed by atoms with E-state index in [2.05, 4.69) is 39.9 Å². The summed E-state index contributed by atoms with van der Waals surface area (Å²) in [5, 5.41) is 6.51. The van der Waals surface area contributed by atoms with Crippen molar-refractivity contribution in [3.05, 3.63) is 100.0 Å². The summed E-state index contributed by atoms with van der Waals surface area (Å²) in [6.45, 7) is 5.91. The van der Waals surface area contributed by atoms with Crippen LogP contribution in [0.4, 0.5) is 0 Å². The van der Waals surface area contributed by atoms with Gasteiger partial charge in [0.2, 0.25) is 5.91 Å². The lowest BCUT2D eigenvalue weighted by Gasteiger charge is -2.34. The van der Waals surface area contributed by atoms with Crippen LogP contribution in [0.3, 0.4) is 0 Å². The fraction of sp³-hybridized carbons (Fsp3) is 0.389. The molecule has 1 unspecified atom stereocenters. The van der Waals surface area contributed by atoms with Crippen LogP contribution in [0.1, 0.15) is 62.1 Å². The highest BCUT2D eigenvalue weighted by atomic mass is 35.5. The fourth-order valence-corrected chi connectivity index (χ4v) is 6.14. The van der Waals surface area contributed by atoms with Crippen LogP contribution in [0.2, 0.25) is 5.15 Å². The lowest BCUT2D eigenvalue weighted by atomic mass is 9.74. The molecule has 10 heteroatoms. The monoisotopic (exact) mass is 645 g/mol. The van der Waals surface area contributed by atoms with Crippen LogP contribution in [0, 0.1) is 5.92 Å². The van der Waals surface area contributed by atoms with Gasteiger partial charge in [0.15, 0.2) is 0 Å². The van der Waals surface area contributed by atoms with Gasteiger partial charge in [0.25, 0.3) is 0 Å². The van der Waals surface area contributed by atoms with Crippen molar-refractivity contribution in [3.8, 4) is 11.1 Å². The smallest absolute Gasteiger partial charge is 0.336 e. The number of hydrogen-bond acceptors (Lipinski definition) is 8. The number of nitrogens with zero attached hydrogens (tertiary/aromatic N) is 1. The molecule has 1 fully saturated rings. The van der Waals surface area contributed by atoms with Gasteiger partial charge in [-0.3, -0.25) is 9.59 Å². The number of hydrogen-bond donors (Lipinski definition) is 2. The highest BCUT2D eigenvalue weighted by Gasteiger charge is 2.42. The first kappa shape index (κ1) is 33.3. The number of nitrogens with one attached hydrogen (secondary N) is 2. The van der Waals surface area contributed by atoms with Crippen molar-refractivity contribution < 1.29 is 28.6 Å². The van der Waals surface area contributed by atoms with Gasteiger partial charge in [-0.2, -0.15) is 0 Å². The molecular formula is C36H40ClN3O6. The maximum Gasteiger partial charge on any atom is 0.336 e. The van der Waals surface area contributed by atoms with Crippen molar-refractivity contribution in [2.24, 2.45) is 5.92 Å². The van der Waals surface area contributed by atoms with Gasteiger partial charge in [-0.25, -0.2) is 9.78 Å². The first-order chi connectivity index (χ1) is 22.3. The van der Waals surface area contributed by atoms with E-state index in [0.717, 1.165) is 40.7 Å². The molecule has 2 N–H and O–H groups in total. The number of carbonyl (C=O) groups is 3. The molecular weight excluding hydrogens is 606 g/mol. The summed E-state index contributed by atoms with van der Waals surface area (Å²) in [5.41, 5.74) is 5.69. The SMILES string of the molecule is CCOC(=O)CCNCc1ccc(-c2ccc(COC(=O)C3=C(C)NC(=O)C(C[C@H]4CCCO4)[C@H]3c3ccc(Cl)nc3)cc2)cc1. The standard InChI is InChI=1S/C36H40ClN3O6/c1-3-44-32(41)16-17-38-20-24-6-10-26(11-7-24)27-12-8-25(9-13-27)22-46-36(43)33-23(2)40-35(42)30(19-29-5-4-18-45-29)34(33)28-14-15-31(37)39-21-28/h6-15,21,29-30,34,38H,3-5,16-20,22H2,1-2H3,(H,40,42)/t29-,30?,34-/m1/s1. The molecule has 0 aliphatic carbocycles. The molecule has 1 aromatic heterocycles. The Morgan fingerprint density at radius 2 is 1.74 bits per heavy atom. The molecule has 2 aromatic carbocycles. The van der Waals surface area contributed by atoms with Crippen LogP contribution in [-0.4, -0.2) is 48.7 Å². The highest BCUT2D eigenvalue weighted by molar-refractivity contribution is 6.29. The minimum absolute atomic E-state index is 0.0385. The predicted octanol–water partition coefficient (Wildman–Crippen LogP) is 5.86. The Bertz CT molecular complexity index is 1530. The third-order valence-corrected chi connectivity index (χ3v) is 8.61. The van der Waals surface area contributed by atoms with Crippen molar-refractivity contribution in [2.45, 2.75) is 64.7 Å². The molecule has 3 atom stereocenters. The Balaban J connectivity index is 1.22. The first-order valence-electron chi connectivity index (χ1n) is 15.8. The minimum Gasteiger partial charge on any atom is -0.466 e. The zero-order valence-electron chi connectivity index (χ0n) is 26.2. The summed E-state index contributed by atoms with van der Waals surface area (Å²) in [6.07, 6.45) is 4.27. The summed E-state index contributed by atoms with van der Waals surface area (Å²) in [7, 11) is 0. The number of halogens is 1. The third kappa shape index (κ3) is 8.60. The number of allylic oxidation sites excluding steroid dienone is 1. The molecule has 46 heavy (non-hydrogen) atoms. The lowest BCUT2D eigenvalue weighted by Crippen LogP contribution is -2.43. The molecule has 3 heterocycles. The van der Waals surface area contributed by atoms with E-state index in [-0.39, 0.29) is 24.6 Å². The molecule has 3 aromatic rings. The van der Waals surface area contributed by atoms with Crippen molar-refractivity contribution in [1.29, 1.82) is 0 Å². The van der Waals surface area contributed by atoms with Gasteiger partial charge in [-0.1, -0.05) is 66.2 Å². The third-order valence-electron chi connectivity index (χ3n) is 8.39. The number of pyridine rings is 1. The molecule has 242 valence electrons. The summed E-state index contributed by atoms with van der Waals surface area (Å²) >= 11 is 6.07. The summed E-state index contributed by atoms with van der Waals surface area (Å²) < 4.78 is 16.6. The second-order valence-electron chi connectivity index (χ2n) is 11.6. The maximum atomic E-state index is 13.7. The van der Waals surface area contributed by atoms with E-state index in [4.69, 9.17) is 25.8 Å². The summed E-state index contributed by atoms with van der Waals surface area (Å²) in [5.74, 6) is -1.86. The molecule has 9 nitrogen and oxygen atoms in total. The van der Waals surface area contributed by atoms with Crippen LogP contribution in [0.5, 0.6) is 0 Å². The second kappa shape index (κ2) is 16.0. The van der Waals surface area contributed by atoms with Gasteiger partial charge >= 0.3 is 11.9 Å². The van der Waals surface area contributed by atoms with Gasteiger partial charge in [-0.15, -0.1) is 0 Å². The van der Waals surface area contributed by atoms with Gasteiger partial charge in [0.05, 0.1) is 30.6 Å². The van der Waals surface area contributed by atoms with E-state index in [1.807, 2.05) is 30.3 Å². The van der Waals surface area contributed by atoms with Crippen LogP contribution in [0.25, 0.3) is 11.1 Å². The molecule has 0 bridgehead atoms. The van der Waals surface area contributed by atoms with Crippen molar-refractivity contribution >= 4 is 29.4 Å². The zero-order chi connectivity index (χ0) is 32.5. The largest absolute Gasteiger partial charge is 0.466 e. The molecule has 0 spiro atoms. The topological polar surface area (TPSA) is 116 Å². The number of ether oxygens (including phenoxy) is 3. The van der Waals surface area contributed by atoms with E-state index < -0.39 is 17.8 Å². The molecule has 0 saturated carbocycles. The summed E-state index contributed by atoms with van der Waals surface area (Å²) in [4.78, 5) is 42.6. The van der Waals surface area contributed by atoms with E-state index in [1.165, 1.54) is 0 Å². The number of esters is 2. The van der Waals surface area contributed by atoms with Crippen molar-refractivity contribution in [1.82, 2.24) is 15.6 Å². The van der Waals surface area contributed by atoms with Crippen LogP contribution in [0.15, 0.2) is 78.1 Å². The first-order valence-corrected chi connectivity index (χ1v) is 16.2. The van der Waals surface area contributed by atoms with Gasteiger partial charge < -0.3 is 24.8 Å². The lowest BCUT2D eigenvalue weighted by molar-refractivity contribution is -0.143. The Labute approximate surface area is 274 Å². The molecule has 1 amide bonds. The molecule has 1 saturated heterocycles. The van der Waals surface area contributed by atoms with E-state index in [1.54, 1.807) is 26.1 Å². The van der Waals surface area contributed by atoms with Gasteiger partial charge in [0, 0.05) is 37.5 Å². The summed E-state index contributed by atoms with van der Waals surface area (Å²) in [6, 6.07) is 19.6. The zero-order valence-corrected chi connectivity index (χ0v) is 27.0. The normalized spacial score (nSPS) is 19.5. The average Bonchev–Trinajstić information content (AvgIpc) is 3.58. The van der Waals surface area contributed by atoms with E-state index in [9.17, 15) is 14.4 Å². The number of benzene rings is 2.